The van der Waals surface area contributed by atoms with Crippen molar-refractivity contribution in [1.29, 1.82) is 0 Å². The van der Waals surface area contributed by atoms with E-state index in [1.807, 2.05) is 0 Å². The topological polar surface area (TPSA) is 55.6 Å². The Hall–Kier alpha value is -0.610. The fourth-order valence-electron chi connectivity index (χ4n) is 1.99. The van der Waals surface area contributed by atoms with Crippen molar-refractivity contribution in [2.45, 2.75) is 25.7 Å². The number of hydrogen-bond donors (Lipinski definition) is 1. The maximum absolute atomic E-state index is 11.7. The van der Waals surface area contributed by atoms with Gasteiger partial charge >= 0.3 is 0 Å². The minimum Gasteiger partial charge on any atom is -0.330 e. The van der Waals surface area contributed by atoms with Crippen molar-refractivity contribution in [1.82, 2.24) is 5.06 Å². The maximum Gasteiger partial charge on any atom is 0.248 e. The van der Waals surface area contributed by atoms with Crippen LogP contribution in [-0.4, -0.2) is 31.7 Å². The predicted octanol–water partition coefficient (Wildman–Crippen LogP) is 0.771. The Morgan fingerprint density at radius 1 is 1.43 bits per heavy atom. The maximum atomic E-state index is 11.7. The molecule has 0 bridgehead atoms. The lowest BCUT2D eigenvalue weighted by Crippen LogP contribution is -2.35. The number of rotatable bonds is 3. The molecule has 4 heteroatoms. The Balaban J connectivity index is 2.37. The zero-order valence-corrected chi connectivity index (χ0v) is 9.03. The van der Waals surface area contributed by atoms with Crippen LogP contribution in [0.4, 0.5) is 0 Å². The average Bonchev–Trinajstić information content (AvgIpc) is 2.27. The summed E-state index contributed by atoms with van der Waals surface area (Å²) in [7, 11) is 3.18. The first-order chi connectivity index (χ1) is 6.69. The predicted molar refractivity (Wildman–Crippen MR) is 54.3 cm³/mol. The van der Waals surface area contributed by atoms with Gasteiger partial charge in [0.15, 0.2) is 0 Å². The summed E-state index contributed by atoms with van der Waals surface area (Å²) < 4.78 is 0. The van der Waals surface area contributed by atoms with Crippen molar-refractivity contribution in [3.63, 3.8) is 0 Å². The highest BCUT2D eigenvalue weighted by Crippen LogP contribution is 2.29. The van der Waals surface area contributed by atoms with Crippen LogP contribution < -0.4 is 5.73 Å². The number of amides is 1. The lowest BCUT2D eigenvalue weighted by atomic mass is 9.81. The van der Waals surface area contributed by atoms with Crippen LogP contribution in [0.1, 0.15) is 25.7 Å². The third-order valence-electron chi connectivity index (χ3n) is 3.11. The Morgan fingerprint density at radius 2 is 2.00 bits per heavy atom. The van der Waals surface area contributed by atoms with Crippen molar-refractivity contribution >= 4 is 5.91 Å². The molecule has 1 fully saturated rings. The average molecular weight is 200 g/mol. The molecule has 0 spiro atoms. The Kier molecular flexibility index (Phi) is 4.35. The molecule has 4 nitrogen and oxygen atoms in total. The summed E-state index contributed by atoms with van der Waals surface area (Å²) in [4.78, 5) is 16.6. The van der Waals surface area contributed by atoms with E-state index < -0.39 is 0 Å². The van der Waals surface area contributed by atoms with Crippen LogP contribution in [0.2, 0.25) is 0 Å². The third kappa shape index (κ3) is 2.69. The fraction of sp³-hybridized carbons (Fsp3) is 0.900. The lowest BCUT2D eigenvalue weighted by Gasteiger charge is -2.28. The van der Waals surface area contributed by atoms with E-state index in [0.29, 0.717) is 5.92 Å². The van der Waals surface area contributed by atoms with Crippen molar-refractivity contribution in [2.75, 3.05) is 20.7 Å². The third-order valence-corrected chi connectivity index (χ3v) is 3.11. The monoisotopic (exact) mass is 200 g/mol. The minimum atomic E-state index is 0.1000. The molecule has 1 aliphatic rings. The Labute approximate surface area is 85.3 Å². The van der Waals surface area contributed by atoms with E-state index in [-0.39, 0.29) is 11.8 Å². The zero-order chi connectivity index (χ0) is 10.6. The Bertz CT molecular complexity index is 189. The zero-order valence-electron chi connectivity index (χ0n) is 9.03. The summed E-state index contributed by atoms with van der Waals surface area (Å²) >= 11 is 0. The molecule has 1 amide bonds. The quantitative estimate of drug-likeness (QED) is 0.685. The molecule has 0 aromatic heterocycles. The van der Waals surface area contributed by atoms with Crippen LogP contribution in [0.3, 0.4) is 0 Å². The van der Waals surface area contributed by atoms with Gasteiger partial charge in [0.2, 0.25) is 5.91 Å². The molecule has 0 radical (unpaired) electrons. The number of carbonyl (C=O) groups excluding carboxylic acids is 1. The Morgan fingerprint density at radius 3 is 2.43 bits per heavy atom. The standard InChI is InChI=1S/C10H20N2O2/c1-12(14-2)10(13)9-5-3-8(7-11)4-6-9/h8-9H,3-7,11H2,1-2H3. The van der Waals surface area contributed by atoms with Gasteiger partial charge in [-0.3, -0.25) is 9.63 Å². The van der Waals surface area contributed by atoms with Gasteiger partial charge in [0.25, 0.3) is 0 Å². The summed E-state index contributed by atoms with van der Waals surface area (Å²) in [6, 6.07) is 0. The summed E-state index contributed by atoms with van der Waals surface area (Å²) in [5.41, 5.74) is 5.59. The van der Waals surface area contributed by atoms with Crippen LogP contribution in [-0.2, 0) is 9.63 Å². The molecule has 2 N–H and O–H groups in total. The van der Waals surface area contributed by atoms with Gasteiger partial charge in [-0.05, 0) is 38.1 Å². The molecule has 0 heterocycles. The summed E-state index contributed by atoms with van der Waals surface area (Å²) in [6.07, 6.45) is 4.05. The van der Waals surface area contributed by atoms with Gasteiger partial charge in [0.1, 0.15) is 0 Å². The van der Waals surface area contributed by atoms with Crippen molar-refractivity contribution in [3.05, 3.63) is 0 Å². The van der Waals surface area contributed by atoms with E-state index >= 15 is 0 Å². The summed E-state index contributed by atoms with van der Waals surface area (Å²) in [5, 5.41) is 1.33. The molecule has 0 aromatic rings. The van der Waals surface area contributed by atoms with Crippen molar-refractivity contribution in [2.24, 2.45) is 17.6 Å². The van der Waals surface area contributed by atoms with E-state index in [2.05, 4.69) is 0 Å². The van der Waals surface area contributed by atoms with Gasteiger partial charge < -0.3 is 5.73 Å². The second-order valence-electron chi connectivity index (χ2n) is 3.97. The first-order valence-electron chi connectivity index (χ1n) is 5.20. The van der Waals surface area contributed by atoms with Gasteiger partial charge in [-0.15, -0.1) is 0 Å². The van der Waals surface area contributed by atoms with Gasteiger partial charge in [-0.2, -0.15) is 0 Å². The van der Waals surface area contributed by atoms with Crippen LogP contribution >= 0.6 is 0 Å². The molecule has 0 saturated heterocycles. The molecule has 1 aliphatic carbocycles. The van der Waals surface area contributed by atoms with Crippen LogP contribution in [0.5, 0.6) is 0 Å². The molecular weight excluding hydrogens is 180 g/mol. The smallest absolute Gasteiger partial charge is 0.248 e. The van der Waals surface area contributed by atoms with Gasteiger partial charge in [0.05, 0.1) is 7.11 Å². The molecule has 1 rings (SSSR count). The first kappa shape index (κ1) is 11.5. The van der Waals surface area contributed by atoms with E-state index in [9.17, 15) is 4.79 Å². The van der Waals surface area contributed by atoms with E-state index in [0.717, 1.165) is 32.2 Å². The highest BCUT2D eigenvalue weighted by Gasteiger charge is 2.27. The summed E-state index contributed by atoms with van der Waals surface area (Å²) in [5.74, 6) is 0.859. The van der Waals surface area contributed by atoms with E-state index in [4.69, 9.17) is 10.6 Å². The van der Waals surface area contributed by atoms with Gasteiger partial charge in [0, 0.05) is 13.0 Å². The largest absolute Gasteiger partial charge is 0.330 e. The summed E-state index contributed by atoms with van der Waals surface area (Å²) in [6.45, 7) is 0.751. The van der Waals surface area contributed by atoms with Crippen molar-refractivity contribution < 1.29 is 9.63 Å². The second kappa shape index (κ2) is 5.32. The number of nitrogens with two attached hydrogens (primary N) is 1. The molecule has 14 heavy (non-hydrogen) atoms. The van der Waals surface area contributed by atoms with Crippen LogP contribution in [0.25, 0.3) is 0 Å². The number of hydroxylamine groups is 2. The number of carbonyl (C=O) groups is 1. The highest BCUT2D eigenvalue weighted by atomic mass is 16.7. The minimum absolute atomic E-state index is 0.1000. The second-order valence-corrected chi connectivity index (χ2v) is 3.97. The first-order valence-corrected chi connectivity index (χ1v) is 5.20. The van der Waals surface area contributed by atoms with Crippen molar-refractivity contribution in [3.8, 4) is 0 Å². The van der Waals surface area contributed by atoms with E-state index in [1.54, 1.807) is 7.05 Å². The molecule has 1 saturated carbocycles. The number of nitrogens with zero attached hydrogens (tertiary/aromatic N) is 1. The lowest BCUT2D eigenvalue weighted by molar-refractivity contribution is -0.174. The van der Waals surface area contributed by atoms with E-state index in [1.165, 1.54) is 12.2 Å². The molecule has 0 aromatic carbocycles. The molecule has 0 aliphatic heterocycles. The molecular formula is C10H20N2O2. The molecule has 0 atom stereocenters. The van der Waals surface area contributed by atoms with Crippen LogP contribution in [0.15, 0.2) is 0 Å². The highest BCUT2D eigenvalue weighted by molar-refractivity contribution is 5.77. The van der Waals surface area contributed by atoms with Crippen LogP contribution in [0, 0.1) is 11.8 Å². The normalized spacial score (nSPS) is 27.4. The molecule has 0 unspecified atom stereocenters. The number of hydrogen-bond acceptors (Lipinski definition) is 3. The van der Waals surface area contributed by atoms with Gasteiger partial charge in [-0.1, -0.05) is 0 Å². The SMILES string of the molecule is CON(C)C(=O)C1CCC(CN)CC1. The van der Waals surface area contributed by atoms with Gasteiger partial charge in [-0.25, -0.2) is 5.06 Å². The fourth-order valence-corrected chi connectivity index (χ4v) is 1.99. The molecule has 82 valence electrons.